The van der Waals surface area contributed by atoms with Crippen LogP contribution < -0.4 is 25.3 Å². The van der Waals surface area contributed by atoms with E-state index in [1.54, 1.807) is 33.5 Å². The Morgan fingerprint density at radius 1 is 1.13 bits per heavy atom. The molecule has 1 rings (SSSR count). The Hall–Kier alpha value is -1.70. The van der Waals surface area contributed by atoms with Crippen LogP contribution in [0.1, 0.15) is 12.0 Å². The number of benzene rings is 1. The van der Waals surface area contributed by atoms with Crippen molar-refractivity contribution in [1.29, 1.82) is 0 Å². The third-order valence-corrected chi connectivity index (χ3v) is 3.29. The van der Waals surface area contributed by atoms with Crippen molar-refractivity contribution in [1.82, 2.24) is 5.32 Å². The highest BCUT2D eigenvalue weighted by atomic mass is 35.5. The van der Waals surface area contributed by atoms with Gasteiger partial charge in [0.15, 0.2) is 0 Å². The molecular weight excluding hydrogens is 324 g/mol. The molecule has 1 amide bonds. The molecular formula is C15H25ClN2O5. The van der Waals surface area contributed by atoms with Crippen LogP contribution in [0.2, 0.25) is 0 Å². The SMILES string of the molecule is COc1cc(OC)c(CNC(=O)CC(CN)OC)c(OC)c1.Cl. The summed E-state index contributed by atoms with van der Waals surface area (Å²) in [6.45, 7) is 0.565. The number of rotatable bonds is 9. The molecule has 0 aliphatic carbocycles. The van der Waals surface area contributed by atoms with E-state index in [-0.39, 0.29) is 37.4 Å². The third-order valence-electron chi connectivity index (χ3n) is 3.29. The van der Waals surface area contributed by atoms with Gasteiger partial charge in [0.05, 0.1) is 46.0 Å². The summed E-state index contributed by atoms with van der Waals surface area (Å²) in [7, 11) is 6.19. The highest BCUT2D eigenvalue weighted by Crippen LogP contribution is 2.33. The summed E-state index contributed by atoms with van der Waals surface area (Å²) in [4.78, 5) is 11.9. The summed E-state index contributed by atoms with van der Waals surface area (Å²) in [6, 6.07) is 3.48. The van der Waals surface area contributed by atoms with Gasteiger partial charge in [0.25, 0.3) is 0 Å². The topological polar surface area (TPSA) is 92.0 Å². The quantitative estimate of drug-likeness (QED) is 0.694. The van der Waals surface area contributed by atoms with Gasteiger partial charge in [-0.05, 0) is 0 Å². The Balaban J connectivity index is 0.00000484. The Bertz CT molecular complexity index is 470. The van der Waals surface area contributed by atoms with Crippen molar-refractivity contribution >= 4 is 18.3 Å². The van der Waals surface area contributed by atoms with Crippen LogP contribution in [0.15, 0.2) is 12.1 Å². The number of hydrogen-bond acceptors (Lipinski definition) is 6. The standard InChI is InChI=1S/C15H24N2O5.ClH/c1-19-10-5-13(21-3)12(14(6-10)22-4)9-17-15(18)7-11(8-16)20-2;/h5-6,11H,7-9,16H2,1-4H3,(H,17,18);1H. The molecule has 0 aromatic heterocycles. The van der Waals surface area contributed by atoms with Crippen LogP contribution in [-0.2, 0) is 16.1 Å². The first-order chi connectivity index (χ1) is 10.6. The second-order valence-electron chi connectivity index (χ2n) is 4.58. The van der Waals surface area contributed by atoms with Crippen molar-refractivity contribution in [2.24, 2.45) is 5.73 Å². The number of carbonyl (C=O) groups is 1. The number of methoxy groups -OCH3 is 4. The largest absolute Gasteiger partial charge is 0.496 e. The van der Waals surface area contributed by atoms with Gasteiger partial charge in [-0.25, -0.2) is 0 Å². The molecule has 7 nitrogen and oxygen atoms in total. The monoisotopic (exact) mass is 348 g/mol. The molecule has 132 valence electrons. The van der Waals surface area contributed by atoms with Crippen LogP contribution in [0.25, 0.3) is 0 Å². The van der Waals surface area contributed by atoms with Gasteiger partial charge in [-0.3, -0.25) is 4.79 Å². The fraction of sp³-hybridized carbons (Fsp3) is 0.533. The second kappa shape index (κ2) is 10.9. The van der Waals surface area contributed by atoms with E-state index in [2.05, 4.69) is 5.32 Å². The molecule has 1 atom stereocenters. The maximum absolute atomic E-state index is 11.9. The zero-order valence-corrected chi connectivity index (χ0v) is 14.7. The Labute approximate surface area is 142 Å². The van der Waals surface area contributed by atoms with Crippen molar-refractivity contribution in [3.8, 4) is 17.2 Å². The highest BCUT2D eigenvalue weighted by Gasteiger charge is 2.16. The summed E-state index contributed by atoms with van der Waals surface area (Å²) in [5.74, 6) is 1.63. The number of carbonyl (C=O) groups excluding carboxylic acids is 1. The van der Waals surface area contributed by atoms with Crippen molar-refractivity contribution < 1.29 is 23.7 Å². The van der Waals surface area contributed by atoms with Gasteiger partial charge in [0.2, 0.25) is 5.91 Å². The van der Waals surface area contributed by atoms with Crippen molar-refractivity contribution in [3.63, 3.8) is 0 Å². The minimum absolute atomic E-state index is 0. The molecule has 0 aliphatic heterocycles. The summed E-state index contributed by atoms with van der Waals surface area (Å²) in [5, 5.41) is 2.81. The highest BCUT2D eigenvalue weighted by molar-refractivity contribution is 5.85. The van der Waals surface area contributed by atoms with Crippen molar-refractivity contribution in [2.45, 2.75) is 19.1 Å². The number of halogens is 1. The maximum Gasteiger partial charge on any atom is 0.222 e. The van der Waals surface area contributed by atoms with E-state index in [0.29, 0.717) is 23.8 Å². The normalized spacial score (nSPS) is 11.2. The number of nitrogens with two attached hydrogens (primary N) is 1. The van der Waals surface area contributed by atoms with Gasteiger partial charge in [-0.2, -0.15) is 0 Å². The fourth-order valence-electron chi connectivity index (χ4n) is 1.98. The first-order valence-corrected chi connectivity index (χ1v) is 6.88. The van der Waals surface area contributed by atoms with Gasteiger partial charge in [0, 0.05) is 25.8 Å². The molecule has 23 heavy (non-hydrogen) atoms. The minimum atomic E-state index is -0.292. The first kappa shape index (κ1) is 21.3. The Morgan fingerprint density at radius 3 is 2.09 bits per heavy atom. The first-order valence-electron chi connectivity index (χ1n) is 6.88. The number of ether oxygens (including phenoxy) is 4. The van der Waals surface area contributed by atoms with E-state index in [1.807, 2.05) is 0 Å². The smallest absolute Gasteiger partial charge is 0.222 e. The summed E-state index contributed by atoms with van der Waals surface area (Å²) < 4.78 is 20.9. The van der Waals surface area contributed by atoms with Crippen LogP contribution in [0, 0.1) is 0 Å². The predicted octanol–water partition coefficient (Wildman–Crippen LogP) is 1.11. The van der Waals surface area contributed by atoms with Gasteiger partial charge in [-0.15, -0.1) is 12.4 Å². The molecule has 1 aromatic rings. The molecule has 0 bridgehead atoms. The molecule has 0 saturated carbocycles. The molecule has 0 aliphatic rings. The average Bonchev–Trinajstić information content (AvgIpc) is 2.56. The van der Waals surface area contributed by atoms with Crippen LogP contribution in [0.4, 0.5) is 0 Å². The Kier molecular flexibility index (Phi) is 10.1. The summed E-state index contributed by atoms with van der Waals surface area (Å²) in [6.07, 6.45) is -0.0898. The lowest BCUT2D eigenvalue weighted by molar-refractivity contribution is -0.123. The Morgan fingerprint density at radius 2 is 1.70 bits per heavy atom. The summed E-state index contributed by atoms with van der Waals surface area (Å²) in [5.41, 5.74) is 6.24. The molecule has 0 spiro atoms. The minimum Gasteiger partial charge on any atom is -0.496 e. The van der Waals surface area contributed by atoms with E-state index in [4.69, 9.17) is 24.7 Å². The maximum atomic E-state index is 11.9. The van der Waals surface area contributed by atoms with E-state index in [1.165, 1.54) is 7.11 Å². The number of amides is 1. The molecule has 8 heteroatoms. The van der Waals surface area contributed by atoms with Gasteiger partial charge in [-0.1, -0.05) is 0 Å². The zero-order chi connectivity index (χ0) is 16.5. The van der Waals surface area contributed by atoms with Gasteiger partial charge >= 0.3 is 0 Å². The number of nitrogens with one attached hydrogen (secondary N) is 1. The summed E-state index contributed by atoms with van der Waals surface area (Å²) >= 11 is 0. The molecule has 0 radical (unpaired) electrons. The van der Waals surface area contributed by atoms with Gasteiger partial charge < -0.3 is 30.0 Å². The van der Waals surface area contributed by atoms with Crippen LogP contribution >= 0.6 is 12.4 Å². The molecule has 3 N–H and O–H groups in total. The van der Waals surface area contributed by atoms with E-state index < -0.39 is 0 Å². The third kappa shape index (κ3) is 6.13. The van der Waals surface area contributed by atoms with Crippen molar-refractivity contribution in [2.75, 3.05) is 35.0 Å². The molecule has 0 fully saturated rings. The van der Waals surface area contributed by atoms with Crippen molar-refractivity contribution in [3.05, 3.63) is 17.7 Å². The predicted molar refractivity (Wildman–Crippen MR) is 89.7 cm³/mol. The molecule has 1 aromatic carbocycles. The van der Waals surface area contributed by atoms with Gasteiger partial charge in [0.1, 0.15) is 17.2 Å². The zero-order valence-electron chi connectivity index (χ0n) is 13.9. The molecule has 1 unspecified atom stereocenters. The van der Waals surface area contributed by atoms with Crippen LogP contribution in [0.5, 0.6) is 17.2 Å². The fourth-order valence-corrected chi connectivity index (χ4v) is 1.98. The van der Waals surface area contributed by atoms with E-state index in [0.717, 1.165) is 5.56 Å². The average molecular weight is 349 g/mol. The van der Waals surface area contributed by atoms with E-state index in [9.17, 15) is 4.79 Å². The second-order valence-corrected chi connectivity index (χ2v) is 4.58. The van der Waals surface area contributed by atoms with Crippen LogP contribution in [0.3, 0.4) is 0 Å². The lowest BCUT2D eigenvalue weighted by atomic mass is 10.1. The lowest BCUT2D eigenvalue weighted by Crippen LogP contribution is -2.32. The molecule has 0 heterocycles. The van der Waals surface area contributed by atoms with Crippen LogP contribution in [-0.4, -0.2) is 47.0 Å². The van der Waals surface area contributed by atoms with E-state index >= 15 is 0 Å². The lowest BCUT2D eigenvalue weighted by Gasteiger charge is -2.16. The molecule has 0 saturated heterocycles. The number of hydrogen-bond donors (Lipinski definition) is 2.